The molecule has 1 saturated heterocycles. The lowest BCUT2D eigenvalue weighted by atomic mass is 10.2. The summed E-state index contributed by atoms with van der Waals surface area (Å²) >= 11 is 0. The molecule has 15 heavy (non-hydrogen) atoms. The molecule has 0 radical (unpaired) electrons. The van der Waals surface area contributed by atoms with Gasteiger partial charge in [-0.3, -0.25) is 9.78 Å². The van der Waals surface area contributed by atoms with Crippen LogP contribution in [0.15, 0.2) is 24.4 Å². The highest BCUT2D eigenvalue weighted by molar-refractivity contribution is 5.79. The van der Waals surface area contributed by atoms with Crippen molar-refractivity contribution < 1.29 is 4.79 Å². The molecule has 80 valence electrons. The molecule has 1 aliphatic heterocycles. The zero-order valence-electron chi connectivity index (χ0n) is 8.60. The van der Waals surface area contributed by atoms with E-state index in [0.29, 0.717) is 13.0 Å². The van der Waals surface area contributed by atoms with Gasteiger partial charge in [-0.1, -0.05) is 6.07 Å². The van der Waals surface area contributed by atoms with E-state index in [1.807, 2.05) is 23.1 Å². The van der Waals surface area contributed by atoms with Crippen molar-refractivity contribution in [3.63, 3.8) is 0 Å². The maximum Gasteiger partial charge on any atom is 0.224 e. The Morgan fingerprint density at radius 1 is 1.53 bits per heavy atom. The topological polar surface area (TPSA) is 59.2 Å². The SMILES string of the molecule is NC1CC(=O)N(CCc2ccccn2)C1. The first-order valence-corrected chi connectivity index (χ1v) is 5.19. The molecule has 0 aliphatic carbocycles. The highest BCUT2D eigenvalue weighted by Crippen LogP contribution is 2.09. The van der Waals surface area contributed by atoms with Gasteiger partial charge in [0, 0.05) is 43.9 Å². The maximum absolute atomic E-state index is 11.4. The molecule has 4 heteroatoms. The Morgan fingerprint density at radius 2 is 2.40 bits per heavy atom. The van der Waals surface area contributed by atoms with Gasteiger partial charge in [0.05, 0.1) is 0 Å². The summed E-state index contributed by atoms with van der Waals surface area (Å²) in [5, 5.41) is 0. The summed E-state index contributed by atoms with van der Waals surface area (Å²) < 4.78 is 0. The van der Waals surface area contributed by atoms with Crippen molar-refractivity contribution in [1.82, 2.24) is 9.88 Å². The number of carbonyl (C=O) groups excluding carboxylic acids is 1. The number of nitrogens with zero attached hydrogens (tertiary/aromatic N) is 2. The minimum absolute atomic E-state index is 0.0150. The number of amides is 1. The maximum atomic E-state index is 11.4. The lowest BCUT2D eigenvalue weighted by Gasteiger charge is -2.15. The highest BCUT2D eigenvalue weighted by Gasteiger charge is 2.26. The molecule has 1 aromatic heterocycles. The number of nitrogens with two attached hydrogens (primary N) is 1. The molecule has 1 aromatic rings. The average Bonchev–Trinajstić information content (AvgIpc) is 2.56. The number of likely N-dealkylation sites (tertiary alicyclic amines) is 1. The predicted molar refractivity (Wildman–Crippen MR) is 57.1 cm³/mol. The Bertz CT molecular complexity index is 339. The summed E-state index contributed by atoms with van der Waals surface area (Å²) in [4.78, 5) is 17.5. The number of hydrogen-bond acceptors (Lipinski definition) is 3. The lowest BCUT2D eigenvalue weighted by molar-refractivity contribution is -0.127. The number of pyridine rings is 1. The standard InChI is InChI=1S/C11H15N3O/c12-9-7-11(15)14(8-9)6-4-10-3-1-2-5-13-10/h1-3,5,9H,4,6-8,12H2. The first kappa shape index (κ1) is 10.1. The van der Waals surface area contributed by atoms with Gasteiger partial charge in [0.25, 0.3) is 0 Å². The number of aromatic nitrogens is 1. The van der Waals surface area contributed by atoms with E-state index in [4.69, 9.17) is 5.73 Å². The van der Waals surface area contributed by atoms with Crippen LogP contribution in [0.4, 0.5) is 0 Å². The molecule has 1 amide bonds. The van der Waals surface area contributed by atoms with Crippen molar-refractivity contribution >= 4 is 5.91 Å². The third-order valence-corrected chi connectivity index (χ3v) is 2.61. The Morgan fingerprint density at radius 3 is 3.00 bits per heavy atom. The first-order chi connectivity index (χ1) is 7.25. The van der Waals surface area contributed by atoms with Gasteiger partial charge in [-0.25, -0.2) is 0 Å². The van der Waals surface area contributed by atoms with Crippen LogP contribution in [0.2, 0.25) is 0 Å². The van der Waals surface area contributed by atoms with Crippen LogP contribution in [0.5, 0.6) is 0 Å². The van der Waals surface area contributed by atoms with Gasteiger partial charge in [0.2, 0.25) is 5.91 Å². The molecule has 1 unspecified atom stereocenters. The van der Waals surface area contributed by atoms with E-state index in [0.717, 1.165) is 18.7 Å². The molecule has 2 N–H and O–H groups in total. The normalized spacial score (nSPS) is 21.0. The van der Waals surface area contributed by atoms with Crippen LogP contribution in [0.25, 0.3) is 0 Å². The van der Waals surface area contributed by atoms with Crippen LogP contribution >= 0.6 is 0 Å². The second-order valence-electron chi connectivity index (χ2n) is 3.88. The quantitative estimate of drug-likeness (QED) is 0.766. The van der Waals surface area contributed by atoms with Gasteiger partial charge < -0.3 is 10.6 Å². The average molecular weight is 205 g/mol. The van der Waals surface area contributed by atoms with Crippen molar-refractivity contribution in [2.24, 2.45) is 5.73 Å². The van der Waals surface area contributed by atoms with Crippen LogP contribution in [0.1, 0.15) is 12.1 Å². The van der Waals surface area contributed by atoms with Gasteiger partial charge in [-0.05, 0) is 12.1 Å². The monoisotopic (exact) mass is 205 g/mol. The second-order valence-corrected chi connectivity index (χ2v) is 3.88. The van der Waals surface area contributed by atoms with Crippen LogP contribution in [-0.4, -0.2) is 34.9 Å². The molecule has 2 rings (SSSR count). The minimum Gasteiger partial charge on any atom is -0.341 e. The summed E-state index contributed by atoms with van der Waals surface area (Å²) in [7, 11) is 0. The number of rotatable bonds is 3. The molecule has 1 fully saturated rings. The van der Waals surface area contributed by atoms with Gasteiger partial charge in [0.1, 0.15) is 0 Å². The van der Waals surface area contributed by atoms with E-state index in [1.165, 1.54) is 0 Å². The minimum atomic E-state index is 0.0150. The third kappa shape index (κ3) is 2.53. The fraction of sp³-hybridized carbons (Fsp3) is 0.455. The van der Waals surface area contributed by atoms with Crippen molar-refractivity contribution in [2.45, 2.75) is 18.9 Å². The van der Waals surface area contributed by atoms with Crippen molar-refractivity contribution in [3.05, 3.63) is 30.1 Å². The zero-order chi connectivity index (χ0) is 10.7. The van der Waals surface area contributed by atoms with E-state index in [2.05, 4.69) is 4.98 Å². The van der Waals surface area contributed by atoms with Crippen molar-refractivity contribution in [3.8, 4) is 0 Å². The number of hydrogen-bond donors (Lipinski definition) is 1. The summed E-state index contributed by atoms with van der Waals surface area (Å²) in [6.45, 7) is 1.41. The van der Waals surface area contributed by atoms with Crippen LogP contribution in [-0.2, 0) is 11.2 Å². The molecule has 1 atom stereocenters. The molecular weight excluding hydrogens is 190 g/mol. The van der Waals surface area contributed by atoms with Gasteiger partial charge in [0.15, 0.2) is 0 Å². The van der Waals surface area contributed by atoms with E-state index in [1.54, 1.807) is 6.20 Å². The lowest BCUT2D eigenvalue weighted by Crippen LogP contribution is -2.30. The molecule has 0 spiro atoms. The van der Waals surface area contributed by atoms with E-state index in [9.17, 15) is 4.79 Å². The van der Waals surface area contributed by atoms with Crippen LogP contribution in [0, 0.1) is 0 Å². The van der Waals surface area contributed by atoms with Gasteiger partial charge >= 0.3 is 0 Å². The zero-order valence-corrected chi connectivity index (χ0v) is 8.60. The first-order valence-electron chi connectivity index (χ1n) is 5.19. The Balaban J connectivity index is 1.86. The summed E-state index contributed by atoms with van der Waals surface area (Å²) in [5.41, 5.74) is 6.73. The molecule has 0 saturated carbocycles. The van der Waals surface area contributed by atoms with Gasteiger partial charge in [-0.15, -0.1) is 0 Å². The van der Waals surface area contributed by atoms with E-state index < -0.39 is 0 Å². The van der Waals surface area contributed by atoms with Gasteiger partial charge in [-0.2, -0.15) is 0 Å². The molecule has 2 heterocycles. The Labute approximate surface area is 89.1 Å². The Kier molecular flexibility index (Phi) is 2.97. The summed E-state index contributed by atoms with van der Waals surface area (Å²) in [5.74, 6) is 0.165. The summed E-state index contributed by atoms with van der Waals surface area (Å²) in [6.07, 6.45) is 3.06. The number of carbonyl (C=O) groups is 1. The van der Waals surface area contributed by atoms with Crippen LogP contribution < -0.4 is 5.73 Å². The van der Waals surface area contributed by atoms with Crippen molar-refractivity contribution in [2.75, 3.05) is 13.1 Å². The highest BCUT2D eigenvalue weighted by atomic mass is 16.2. The molecular formula is C11H15N3O. The fourth-order valence-corrected chi connectivity index (χ4v) is 1.81. The second kappa shape index (κ2) is 4.40. The Hall–Kier alpha value is -1.42. The summed E-state index contributed by atoms with van der Waals surface area (Å²) in [6, 6.07) is 5.84. The molecule has 0 bridgehead atoms. The smallest absolute Gasteiger partial charge is 0.224 e. The third-order valence-electron chi connectivity index (χ3n) is 2.61. The molecule has 4 nitrogen and oxygen atoms in total. The van der Waals surface area contributed by atoms with Crippen molar-refractivity contribution in [1.29, 1.82) is 0 Å². The van der Waals surface area contributed by atoms with Crippen LogP contribution in [0.3, 0.4) is 0 Å². The fourth-order valence-electron chi connectivity index (χ4n) is 1.81. The molecule has 1 aliphatic rings. The predicted octanol–water partition coefficient (Wildman–Crippen LogP) is 0.184. The van der Waals surface area contributed by atoms with E-state index in [-0.39, 0.29) is 11.9 Å². The molecule has 0 aromatic carbocycles. The largest absolute Gasteiger partial charge is 0.341 e. The van der Waals surface area contributed by atoms with E-state index >= 15 is 0 Å².